The average molecular weight is 595 g/mol. The van der Waals surface area contributed by atoms with Crippen LogP contribution in [0.15, 0.2) is 49.2 Å². The Morgan fingerprint density at radius 2 is 1.91 bits per heavy atom. The highest BCUT2D eigenvalue weighted by Gasteiger charge is 2.21. The second kappa shape index (κ2) is 11.1. The molecule has 0 aliphatic heterocycles. The molecule has 0 spiro atoms. The summed E-state index contributed by atoms with van der Waals surface area (Å²) in [7, 11) is 1.50. The van der Waals surface area contributed by atoms with E-state index in [-0.39, 0.29) is 18.1 Å². The summed E-state index contributed by atoms with van der Waals surface area (Å²) in [6.07, 6.45) is 0.607. The summed E-state index contributed by atoms with van der Waals surface area (Å²) in [5.74, 6) is 0.641. The Kier molecular flexibility index (Phi) is 8.48. The third-order valence-corrected chi connectivity index (χ3v) is 5.79. The lowest BCUT2D eigenvalue weighted by atomic mass is 10.2. The van der Waals surface area contributed by atoms with Crippen molar-refractivity contribution in [2.75, 3.05) is 13.7 Å². The first kappa shape index (κ1) is 25.9. The number of hydrogen-bond acceptors (Lipinski definition) is 7. The van der Waals surface area contributed by atoms with Gasteiger partial charge in [0, 0.05) is 20.4 Å². The fourth-order valence-corrected chi connectivity index (χ4v) is 4.03. The number of methoxy groups -OCH3 is 1. The minimum absolute atomic E-state index is 0.0606. The summed E-state index contributed by atoms with van der Waals surface area (Å²) in [6.45, 7) is 7.44. The van der Waals surface area contributed by atoms with Crippen molar-refractivity contribution in [1.82, 2.24) is 9.66 Å². The van der Waals surface area contributed by atoms with E-state index in [9.17, 15) is 9.59 Å². The predicted octanol–water partition coefficient (Wildman–Crippen LogP) is 5.27. The number of nitrogens with zero attached hydrogens (tertiary/aromatic N) is 3. The molecular weight excluding hydrogens is 570 g/mol. The van der Waals surface area contributed by atoms with Gasteiger partial charge in [0.2, 0.25) is 0 Å². The van der Waals surface area contributed by atoms with E-state index in [1.54, 1.807) is 38.1 Å². The third-order valence-electron chi connectivity index (χ3n) is 4.84. The largest absolute Gasteiger partial charge is 0.493 e. The van der Waals surface area contributed by atoms with E-state index in [1.807, 2.05) is 19.9 Å². The van der Waals surface area contributed by atoms with Crippen LogP contribution in [0, 0.1) is 0 Å². The minimum atomic E-state index is -0.879. The van der Waals surface area contributed by atoms with E-state index in [4.69, 9.17) is 14.2 Å². The smallest absolute Gasteiger partial charge is 0.347 e. The molecular formula is C24H25Br2N3O5. The summed E-state index contributed by atoms with van der Waals surface area (Å²) in [5.41, 5.74) is 0.800. The summed E-state index contributed by atoms with van der Waals surface area (Å²) in [6, 6.07) is 8.82. The molecule has 1 atom stereocenters. The summed E-state index contributed by atoms with van der Waals surface area (Å²) in [4.78, 5) is 30.1. The normalized spacial score (nSPS) is 12.4. The van der Waals surface area contributed by atoms with Gasteiger partial charge in [-0.05, 0) is 44.2 Å². The Morgan fingerprint density at radius 1 is 1.18 bits per heavy atom. The van der Waals surface area contributed by atoms with Crippen molar-refractivity contribution >= 4 is 54.9 Å². The molecule has 0 saturated heterocycles. The number of halogens is 2. The Balaban J connectivity index is 2.14. The first-order chi connectivity index (χ1) is 16.2. The lowest BCUT2D eigenvalue weighted by molar-refractivity contribution is -0.150. The third kappa shape index (κ3) is 5.67. The second-order valence-electron chi connectivity index (χ2n) is 7.69. The Hall–Kier alpha value is -2.72. The first-order valence-electron chi connectivity index (χ1n) is 10.6. The van der Waals surface area contributed by atoms with Crippen molar-refractivity contribution in [2.24, 2.45) is 5.10 Å². The Labute approximate surface area is 214 Å². The molecule has 1 aromatic heterocycles. The lowest BCUT2D eigenvalue weighted by Crippen LogP contribution is -2.27. The maximum absolute atomic E-state index is 13.3. The zero-order chi connectivity index (χ0) is 25.0. The van der Waals surface area contributed by atoms with Gasteiger partial charge in [0.1, 0.15) is 5.82 Å². The van der Waals surface area contributed by atoms with E-state index in [0.29, 0.717) is 38.3 Å². The molecule has 1 heterocycles. The molecule has 180 valence electrons. The van der Waals surface area contributed by atoms with Crippen molar-refractivity contribution in [1.29, 1.82) is 0 Å². The van der Waals surface area contributed by atoms with Gasteiger partial charge < -0.3 is 14.2 Å². The van der Waals surface area contributed by atoms with Crippen LogP contribution < -0.4 is 15.0 Å². The van der Waals surface area contributed by atoms with Crippen LogP contribution in [0.25, 0.3) is 10.9 Å². The number of hydrogen-bond donors (Lipinski definition) is 0. The van der Waals surface area contributed by atoms with Gasteiger partial charge in [-0.2, -0.15) is 9.78 Å². The number of carbonyl (C=O) groups excluding carboxylic acids is 1. The molecule has 0 N–H and O–H groups in total. The molecule has 10 heteroatoms. The highest BCUT2D eigenvalue weighted by atomic mass is 79.9. The SMILES string of the molecule is CCOC(=O)[C@H](C)Oc1c(C=Nn2c(C(C)C)nc3ccc(Br)cc3c2=O)cc(Br)cc1OC. The molecule has 0 amide bonds. The lowest BCUT2D eigenvalue weighted by Gasteiger charge is -2.18. The van der Waals surface area contributed by atoms with Gasteiger partial charge in [-0.1, -0.05) is 45.7 Å². The number of rotatable bonds is 8. The standard InChI is InChI=1S/C24H25Br2N3O5/c1-6-33-24(31)14(4)34-21-15(9-17(26)11-20(21)32-5)12-27-29-22(13(2)3)28-19-8-7-16(25)10-18(19)23(29)30/h7-14H,6H2,1-5H3/t14-/m0/s1. The van der Waals surface area contributed by atoms with Crippen LogP contribution in [0.1, 0.15) is 45.0 Å². The molecule has 0 fully saturated rings. The van der Waals surface area contributed by atoms with Crippen LogP contribution in [0.3, 0.4) is 0 Å². The summed E-state index contributed by atoms with van der Waals surface area (Å²) >= 11 is 6.86. The minimum Gasteiger partial charge on any atom is -0.493 e. The zero-order valence-electron chi connectivity index (χ0n) is 19.5. The molecule has 2 aromatic carbocycles. The highest BCUT2D eigenvalue weighted by Crippen LogP contribution is 2.35. The van der Waals surface area contributed by atoms with Crippen molar-refractivity contribution < 1.29 is 19.0 Å². The fourth-order valence-electron chi connectivity index (χ4n) is 3.22. The Morgan fingerprint density at radius 3 is 2.56 bits per heavy atom. The van der Waals surface area contributed by atoms with Crippen LogP contribution >= 0.6 is 31.9 Å². The highest BCUT2D eigenvalue weighted by molar-refractivity contribution is 9.10. The topological polar surface area (TPSA) is 92.0 Å². The van der Waals surface area contributed by atoms with Gasteiger partial charge in [0.05, 0.1) is 30.8 Å². The van der Waals surface area contributed by atoms with E-state index in [2.05, 4.69) is 41.9 Å². The molecule has 34 heavy (non-hydrogen) atoms. The fraction of sp³-hybridized carbons (Fsp3) is 0.333. The molecule has 8 nitrogen and oxygen atoms in total. The Bertz CT molecular complexity index is 1300. The summed E-state index contributed by atoms with van der Waals surface area (Å²) in [5, 5.41) is 4.91. The molecule has 0 saturated carbocycles. The maximum Gasteiger partial charge on any atom is 0.347 e. The van der Waals surface area contributed by atoms with Gasteiger partial charge in [0.15, 0.2) is 17.6 Å². The number of ether oxygens (including phenoxy) is 3. The monoisotopic (exact) mass is 593 g/mol. The number of aromatic nitrogens is 2. The van der Waals surface area contributed by atoms with Crippen LogP contribution in [0.4, 0.5) is 0 Å². The van der Waals surface area contributed by atoms with Gasteiger partial charge >= 0.3 is 5.97 Å². The van der Waals surface area contributed by atoms with Crippen LogP contribution in [0.5, 0.6) is 11.5 Å². The van der Waals surface area contributed by atoms with Crippen molar-refractivity contribution in [3.05, 3.63) is 61.0 Å². The second-order valence-corrected chi connectivity index (χ2v) is 9.52. The zero-order valence-corrected chi connectivity index (χ0v) is 22.6. The van der Waals surface area contributed by atoms with E-state index < -0.39 is 12.1 Å². The van der Waals surface area contributed by atoms with Gasteiger partial charge in [0.25, 0.3) is 5.56 Å². The van der Waals surface area contributed by atoms with E-state index in [1.165, 1.54) is 18.0 Å². The van der Waals surface area contributed by atoms with Crippen LogP contribution in [-0.2, 0) is 9.53 Å². The number of fused-ring (bicyclic) bond motifs is 1. The number of esters is 1. The van der Waals surface area contributed by atoms with Crippen molar-refractivity contribution in [3.8, 4) is 11.5 Å². The van der Waals surface area contributed by atoms with Crippen LogP contribution in [-0.4, -0.2) is 41.7 Å². The number of benzene rings is 2. The quantitative estimate of drug-likeness (QED) is 0.261. The average Bonchev–Trinajstić information content (AvgIpc) is 2.79. The molecule has 0 bridgehead atoms. The molecule has 0 aliphatic carbocycles. The van der Waals surface area contributed by atoms with E-state index in [0.717, 1.165) is 4.47 Å². The van der Waals surface area contributed by atoms with E-state index >= 15 is 0 Å². The maximum atomic E-state index is 13.3. The summed E-state index contributed by atoms with van der Waals surface area (Å²) < 4.78 is 19.2. The van der Waals surface area contributed by atoms with Gasteiger partial charge in [-0.25, -0.2) is 9.78 Å². The van der Waals surface area contributed by atoms with Crippen LogP contribution in [0.2, 0.25) is 0 Å². The molecule has 0 aliphatic rings. The van der Waals surface area contributed by atoms with Gasteiger partial charge in [-0.3, -0.25) is 4.79 Å². The molecule has 3 aromatic rings. The first-order valence-corrected chi connectivity index (χ1v) is 12.2. The predicted molar refractivity (Wildman–Crippen MR) is 138 cm³/mol. The molecule has 3 rings (SSSR count). The molecule has 0 radical (unpaired) electrons. The number of carbonyl (C=O) groups is 1. The van der Waals surface area contributed by atoms with Gasteiger partial charge in [-0.15, -0.1) is 0 Å². The van der Waals surface area contributed by atoms with Crippen molar-refractivity contribution in [3.63, 3.8) is 0 Å². The molecule has 0 unspecified atom stereocenters. The van der Waals surface area contributed by atoms with Crippen molar-refractivity contribution in [2.45, 2.75) is 39.7 Å².